The minimum atomic E-state index is -0.586. The number of unbranched alkanes of at least 4 members (excludes halogenated alkanes) is 5. The van der Waals surface area contributed by atoms with E-state index in [0.29, 0.717) is 54.2 Å². The van der Waals surface area contributed by atoms with Crippen molar-refractivity contribution in [1.82, 2.24) is 44.7 Å². The molecular weight excluding hydrogens is 865 g/mol. The number of nitrogens with two attached hydrogens (primary N) is 1. The highest BCUT2D eigenvalue weighted by molar-refractivity contribution is 7.99. The number of anilines is 1. The maximum Gasteiger partial charge on any atom is 0.255 e. The minimum Gasteiger partial charge on any atom is -0.457 e. The van der Waals surface area contributed by atoms with Crippen LogP contribution in [0.25, 0.3) is 22.3 Å². The second-order valence-electron chi connectivity index (χ2n) is 18.0. The van der Waals surface area contributed by atoms with Gasteiger partial charge in [-0.3, -0.25) is 29.4 Å². The molecule has 2 aromatic heterocycles. The van der Waals surface area contributed by atoms with E-state index in [9.17, 15) is 19.2 Å². The van der Waals surface area contributed by atoms with Gasteiger partial charge in [-0.25, -0.2) is 14.6 Å². The lowest BCUT2D eigenvalue weighted by atomic mass is 10.0. The molecule has 67 heavy (non-hydrogen) atoms. The molecule has 2 atom stereocenters. The molecule has 15 nitrogen and oxygen atoms in total. The highest BCUT2D eigenvalue weighted by Gasteiger charge is 2.40. The molecule has 3 aromatic carbocycles. The molecule has 0 aliphatic carbocycles. The number of likely N-dealkylation sites (tertiary alicyclic amines) is 1. The molecule has 2 unspecified atom stereocenters. The summed E-state index contributed by atoms with van der Waals surface area (Å²) in [5.41, 5.74) is 10.4. The van der Waals surface area contributed by atoms with Crippen molar-refractivity contribution in [2.24, 2.45) is 0 Å². The number of benzene rings is 3. The fraction of sp³-hybridized carbons (Fsp3) is 0.431. The Labute approximate surface area is 396 Å². The third kappa shape index (κ3) is 11.0. The molecule has 6 heterocycles. The SMILES string of the molecule is Nc1ncnc2c1c(-c1ccc(Oc3ccccc3)cc1)nn2C1CCCN(C(=O)/C=C/CN2CCN(CCCCCCCCSc3cccc4c3CN(C3CCC(=O)NC3=O)C4=O)CC2)C1. The molecule has 3 fully saturated rings. The van der Waals surface area contributed by atoms with E-state index in [1.165, 1.54) is 38.4 Å². The predicted molar refractivity (Wildman–Crippen MR) is 259 cm³/mol. The lowest BCUT2D eigenvalue weighted by molar-refractivity contribution is -0.137. The number of ether oxygens (including phenoxy) is 1. The molecule has 9 rings (SSSR count). The summed E-state index contributed by atoms with van der Waals surface area (Å²) in [5.74, 6) is 2.12. The summed E-state index contributed by atoms with van der Waals surface area (Å²) >= 11 is 1.80. The van der Waals surface area contributed by atoms with E-state index in [1.807, 2.05) is 82.4 Å². The Kier molecular flexibility index (Phi) is 14.9. The van der Waals surface area contributed by atoms with E-state index in [4.69, 9.17) is 15.6 Å². The van der Waals surface area contributed by atoms with Crippen LogP contribution in [-0.4, -0.2) is 127 Å². The fourth-order valence-corrected chi connectivity index (χ4v) is 10.8. The molecule has 4 aliphatic rings. The van der Waals surface area contributed by atoms with Gasteiger partial charge in [-0.2, -0.15) is 5.10 Å². The summed E-state index contributed by atoms with van der Waals surface area (Å²) < 4.78 is 7.94. The van der Waals surface area contributed by atoms with Crippen LogP contribution < -0.4 is 15.8 Å². The standard InChI is InChI=1S/C51H60N10O5S/c52-48-46-47(36-19-21-39(22-20-36)66-38-14-6-5-7-15-38)56-61(49(46)54-35-53-48)37-13-11-27-59(33-37)45(63)18-12-26-58-30-28-57(29-31-58)25-8-3-1-2-4-9-32-67-43-17-10-16-40-41(43)34-60(51(40)65)42-23-24-44(62)55-50(42)64/h5-7,10,12,14-22,35,37,42H,1-4,8-9,11,13,23-34H2,(H2,52,53,54)(H,55,62,64)/b18-12+. The molecule has 5 aromatic rings. The van der Waals surface area contributed by atoms with Crippen LogP contribution in [0.5, 0.6) is 11.5 Å². The second-order valence-corrected chi connectivity index (χ2v) is 19.1. The summed E-state index contributed by atoms with van der Waals surface area (Å²) in [7, 11) is 0. The third-order valence-electron chi connectivity index (χ3n) is 13.4. The van der Waals surface area contributed by atoms with Gasteiger partial charge in [-0.15, -0.1) is 11.8 Å². The number of hydrogen-bond acceptors (Lipinski definition) is 12. The van der Waals surface area contributed by atoms with E-state index in [0.717, 1.165) is 91.8 Å². The lowest BCUT2D eigenvalue weighted by Crippen LogP contribution is -2.52. The Bertz CT molecular complexity index is 2580. The Morgan fingerprint density at radius 2 is 1.60 bits per heavy atom. The van der Waals surface area contributed by atoms with Crippen LogP contribution in [0.4, 0.5) is 5.82 Å². The number of rotatable bonds is 18. The average Bonchev–Trinajstić information content (AvgIpc) is 3.91. The van der Waals surface area contributed by atoms with Gasteiger partial charge in [0.1, 0.15) is 35.4 Å². The molecule has 4 amide bonds. The molecule has 0 saturated carbocycles. The monoisotopic (exact) mass is 924 g/mol. The summed E-state index contributed by atoms with van der Waals surface area (Å²) in [6.45, 7) is 7.65. The number of amides is 4. The van der Waals surface area contributed by atoms with Gasteiger partial charge in [0.15, 0.2) is 5.65 Å². The Morgan fingerprint density at radius 3 is 2.40 bits per heavy atom. The molecule has 3 saturated heterocycles. The lowest BCUT2D eigenvalue weighted by Gasteiger charge is -2.34. The van der Waals surface area contributed by atoms with Crippen LogP contribution in [0.15, 0.2) is 96.2 Å². The summed E-state index contributed by atoms with van der Waals surface area (Å²) in [4.78, 5) is 69.3. The number of nitrogens with one attached hydrogen (secondary N) is 1. The van der Waals surface area contributed by atoms with Gasteiger partial charge in [-0.05, 0) is 98.5 Å². The smallest absolute Gasteiger partial charge is 0.255 e. The van der Waals surface area contributed by atoms with Crippen LogP contribution in [-0.2, 0) is 20.9 Å². The number of carbonyl (C=O) groups is 4. The van der Waals surface area contributed by atoms with Crippen LogP contribution in [0, 0.1) is 0 Å². The minimum absolute atomic E-state index is 0.0269. The van der Waals surface area contributed by atoms with Crippen molar-refractivity contribution in [1.29, 1.82) is 0 Å². The first-order valence-corrected chi connectivity index (χ1v) is 24.9. The van der Waals surface area contributed by atoms with Crippen molar-refractivity contribution in [2.75, 3.05) is 63.8 Å². The van der Waals surface area contributed by atoms with E-state index >= 15 is 0 Å². The van der Waals surface area contributed by atoms with Crippen molar-refractivity contribution < 1.29 is 23.9 Å². The topological polar surface area (TPSA) is 172 Å². The van der Waals surface area contributed by atoms with E-state index in [2.05, 4.69) is 31.2 Å². The molecule has 3 N–H and O–H groups in total. The zero-order valence-corrected chi connectivity index (χ0v) is 38.9. The van der Waals surface area contributed by atoms with Crippen molar-refractivity contribution in [3.8, 4) is 22.8 Å². The first-order valence-electron chi connectivity index (χ1n) is 23.9. The molecule has 350 valence electrons. The van der Waals surface area contributed by atoms with Crippen LogP contribution in [0.2, 0.25) is 0 Å². The zero-order chi connectivity index (χ0) is 46.1. The largest absolute Gasteiger partial charge is 0.457 e. The van der Waals surface area contributed by atoms with Crippen molar-refractivity contribution in [3.05, 3.63) is 102 Å². The first-order chi connectivity index (χ1) is 32.8. The van der Waals surface area contributed by atoms with E-state index in [-0.39, 0.29) is 36.1 Å². The molecule has 0 bridgehead atoms. The maximum absolute atomic E-state index is 13.5. The van der Waals surface area contributed by atoms with E-state index < -0.39 is 6.04 Å². The molecule has 4 aliphatic heterocycles. The Hall–Kier alpha value is -6.10. The third-order valence-corrected chi connectivity index (χ3v) is 14.6. The molecular formula is C51H60N10O5S. The van der Waals surface area contributed by atoms with Crippen molar-refractivity contribution in [3.63, 3.8) is 0 Å². The highest BCUT2D eigenvalue weighted by Crippen LogP contribution is 2.37. The number of piperidine rings is 2. The number of thioether (sulfide) groups is 1. The number of piperazine rings is 1. The number of nitrogens with zero attached hydrogens (tertiary/aromatic N) is 8. The van der Waals surface area contributed by atoms with Crippen LogP contribution in [0.3, 0.4) is 0 Å². The Balaban J connectivity index is 0.658. The van der Waals surface area contributed by atoms with Gasteiger partial charge in [0, 0.05) is 80.9 Å². The van der Waals surface area contributed by atoms with Gasteiger partial charge in [0.25, 0.3) is 5.91 Å². The number of nitrogen functional groups attached to an aromatic ring is 1. The van der Waals surface area contributed by atoms with Gasteiger partial charge < -0.3 is 25.2 Å². The highest BCUT2D eigenvalue weighted by atomic mass is 32.2. The first kappa shape index (κ1) is 46.0. The van der Waals surface area contributed by atoms with Gasteiger partial charge in [-0.1, -0.05) is 56.0 Å². The maximum atomic E-state index is 13.5. The van der Waals surface area contributed by atoms with E-state index in [1.54, 1.807) is 22.7 Å². The number of para-hydroxylation sites is 1. The predicted octanol–water partition coefficient (Wildman–Crippen LogP) is 7.10. The number of fused-ring (bicyclic) bond motifs is 2. The summed E-state index contributed by atoms with van der Waals surface area (Å²) in [6.07, 6.45) is 14.8. The fourth-order valence-electron chi connectivity index (χ4n) is 9.73. The average molecular weight is 925 g/mol. The number of hydrogen-bond donors (Lipinski definition) is 2. The van der Waals surface area contributed by atoms with Gasteiger partial charge in [0.05, 0.1) is 11.4 Å². The molecule has 0 spiro atoms. The second kappa shape index (κ2) is 21.7. The zero-order valence-electron chi connectivity index (χ0n) is 38.1. The van der Waals surface area contributed by atoms with Crippen molar-refractivity contribution in [2.45, 2.75) is 87.7 Å². The normalized spacial score (nSPS) is 19.4. The number of imide groups is 1. The number of aromatic nitrogens is 4. The van der Waals surface area contributed by atoms with Crippen LogP contribution >= 0.6 is 11.8 Å². The number of carbonyl (C=O) groups excluding carboxylic acids is 4. The molecule has 16 heteroatoms. The molecule has 0 radical (unpaired) electrons. The quantitative estimate of drug-likeness (QED) is 0.0396. The Morgan fingerprint density at radius 1 is 0.836 bits per heavy atom. The summed E-state index contributed by atoms with van der Waals surface area (Å²) in [5, 5.41) is 8.15. The van der Waals surface area contributed by atoms with Gasteiger partial charge >= 0.3 is 0 Å². The van der Waals surface area contributed by atoms with Crippen LogP contribution in [0.1, 0.15) is 86.2 Å². The van der Waals surface area contributed by atoms with Gasteiger partial charge in [0.2, 0.25) is 17.7 Å². The summed E-state index contributed by atoms with van der Waals surface area (Å²) in [6, 6.07) is 22.7. The van der Waals surface area contributed by atoms with Crippen molar-refractivity contribution >= 4 is 52.2 Å².